The van der Waals surface area contributed by atoms with E-state index in [1.165, 1.54) is 0 Å². The summed E-state index contributed by atoms with van der Waals surface area (Å²) in [5, 5.41) is 12.5. The first-order valence-corrected chi connectivity index (χ1v) is 9.29. The molecule has 0 spiro atoms. The average Bonchev–Trinajstić information content (AvgIpc) is 2.66. The van der Waals surface area contributed by atoms with Gasteiger partial charge in [-0.3, -0.25) is 4.79 Å². The molecule has 26 heavy (non-hydrogen) atoms. The van der Waals surface area contributed by atoms with Gasteiger partial charge in [-0.15, -0.1) is 0 Å². The minimum absolute atomic E-state index is 0.107. The van der Waals surface area contributed by atoms with Crippen molar-refractivity contribution in [2.24, 2.45) is 5.92 Å². The van der Waals surface area contributed by atoms with Crippen molar-refractivity contribution in [3.05, 3.63) is 65.7 Å². The Kier molecular flexibility index (Phi) is 8.16. The molecular weight excluding hydrogens is 326 g/mol. The molecule has 0 saturated carbocycles. The number of nitrogens with one attached hydrogen (secondary N) is 1. The van der Waals surface area contributed by atoms with E-state index in [0.717, 1.165) is 29.7 Å². The van der Waals surface area contributed by atoms with E-state index in [-0.39, 0.29) is 12.5 Å². The highest BCUT2D eigenvalue weighted by Crippen LogP contribution is 2.19. The number of aliphatic hydroxyl groups is 1. The Bertz CT molecular complexity index is 655. The Balaban J connectivity index is 1.89. The summed E-state index contributed by atoms with van der Waals surface area (Å²) in [6.45, 7) is 4.91. The molecule has 0 aromatic heterocycles. The summed E-state index contributed by atoms with van der Waals surface area (Å²) in [5.41, 5.74) is 1.81. The second-order valence-corrected chi connectivity index (χ2v) is 6.74. The van der Waals surface area contributed by atoms with Crippen LogP contribution in [-0.4, -0.2) is 24.2 Å². The van der Waals surface area contributed by atoms with Crippen molar-refractivity contribution >= 4 is 5.91 Å². The van der Waals surface area contributed by atoms with Gasteiger partial charge in [0.2, 0.25) is 5.91 Å². The molecule has 4 nitrogen and oxygen atoms in total. The second-order valence-electron chi connectivity index (χ2n) is 6.74. The summed E-state index contributed by atoms with van der Waals surface area (Å²) in [4.78, 5) is 12.2. The van der Waals surface area contributed by atoms with Gasteiger partial charge in [0, 0.05) is 0 Å². The number of rotatable bonds is 10. The van der Waals surface area contributed by atoms with Crippen molar-refractivity contribution in [3.8, 4) is 5.75 Å². The molecule has 0 aliphatic rings. The standard InChI is InChI=1S/C22H29NO3/c1-3-7-17(2)16-26-20-12-10-19(11-13-20)21(15-24)23-22(25)14-18-8-5-4-6-9-18/h4-6,8-13,17,21,24H,3,7,14-16H2,1-2H3,(H,23,25)/t17?,21-/m0/s1. The summed E-state index contributed by atoms with van der Waals surface area (Å²) in [5.74, 6) is 1.23. The summed E-state index contributed by atoms with van der Waals surface area (Å²) in [7, 11) is 0. The monoisotopic (exact) mass is 355 g/mol. The van der Waals surface area contributed by atoms with Crippen LogP contribution < -0.4 is 10.1 Å². The fourth-order valence-corrected chi connectivity index (χ4v) is 2.87. The fraction of sp³-hybridized carbons (Fsp3) is 0.409. The maximum atomic E-state index is 12.2. The average molecular weight is 355 g/mol. The zero-order valence-corrected chi connectivity index (χ0v) is 15.7. The Hall–Kier alpha value is -2.33. The van der Waals surface area contributed by atoms with Gasteiger partial charge in [0.15, 0.2) is 0 Å². The SMILES string of the molecule is CCCC(C)COc1ccc([C@H](CO)NC(=O)Cc2ccccc2)cc1. The lowest BCUT2D eigenvalue weighted by atomic mass is 10.1. The smallest absolute Gasteiger partial charge is 0.224 e. The zero-order chi connectivity index (χ0) is 18.8. The predicted molar refractivity (Wildman–Crippen MR) is 104 cm³/mol. The van der Waals surface area contributed by atoms with Crippen molar-refractivity contribution < 1.29 is 14.6 Å². The third kappa shape index (κ3) is 6.52. The molecule has 4 heteroatoms. The maximum absolute atomic E-state index is 12.2. The summed E-state index contributed by atoms with van der Waals surface area (Å²) in [6, 6.07) is 16.7. The zero-order valence-electron chi connectivity index (χ0n) is 15.7. The summed E-state index contributed by atoms with van der Waals surface area (Å²) in [6.07, 6.45) is 2.61. The molecule has 2 N–H and O–H groups in total. The van der Waals surface area contributed by atoms with Gasteiger partial charge >= 0.3 is 0 Å². The number of aliphatic hydroxyl groups excluding tert-OH is 1. The van der Waals surface area contributed by atoms with E-state index in [2.05, 4.69) is 19.2 Å². The third-order valence-electron chi connectivity index (χ3n) is 4.32. The maximum Gasteiger partial charge on any atom is 0.224 e. The Labute approximate surface area is 156 Å². The summed E-state index contributed by atoms with van der Waals surface area (Å²) >= 11 is 0. The molecule has 0 radical (unpaired) electrons. The van der Waals surface area contributed by atoms with Crippen LogP contribution in [0.5, 0.6) is 5.75 Å². The number of carbonyl (C=O) groups is 1. The Morgan fingerprint density at radius 1 is 1.12 bits per heavy atom. The Morgan fingerprint density at radius 3 is 2.42 bits per heavy atom. The van der Waals surface area contributed by atoms with E-state index in [1.807, 2.05) is 54.6 Å². The van der Waals surface area contributed by atoms with Crippen LogP contribution in [0.15, 0.2) is 54.6 Å². The molecule has 0 saturated heterocycles. The van der Waals surface area contributed by atoms with Crippen LogP contribution in [0.3, 0.4) is 0 Å². The molecule has 0 bridgehead atoms. The second kappa shape index (κ2) is 10.6. The number of ether oxygens (including phenoxy) is 1. The first-order valence-electron chi connectivity index (χ1n) is 9.29. The molecule has 1 amide bonds. The van der Waals surface area contributed by atoms with Crippen LogP contribution in [0.1, 0.15) is 43.9 Å². The van der Waals surface area contributed by atoms with Gasteiger partial charge < -0.3 is 15.2 Å². The molecule has 2 aromatic rings. The van der Waals surface area contributed by atoms with Gasteiger partial charge in [0.05, 0.1) is 25.7 Å². The van der Waals surface area contributed by atoms with Crippen LogP contribution in [0.4, 0.5) is 0 Å². The van der Waals surface area contributed by atoms with Gasteiger partial charge in [0.25, 0.3) is 0 Å². The fourth-order valence-electron chi connectivity index (χ4n) is 2.87. The number of hydrogen-bond acceptors (Lipinski definition) is 3. The van der Waals surface area contributed by atoms with Gasteiger partial charge in [-0.05, 0) is 35.6 Å². The van der Waals surface area contributed by atoms with Crippen LogP contribution in [-0.2, 0) is 11.2 Å². The Morgan fingerprint density at radius 2 is 1.81 bits per heavy atom. The molecule has 0 aliphatic heterocycles. The van der Waals surface area contributed by atoms with E-state index >= 15 is 0 Å². The van der Waals surface area contributed by atoms with Crippen molar-refractivity contribution in [1.29, 1.82) is 0 Å². The van der Waals surface area contributed by atoms with Crippen LogP contribution in [0.25, 0.3) is 0 Å². The molecule has 0 aliphatic carbocycles. The lowest BCUT2D eigenvalue weighted by Gasteiger charge is -2.18. The molecule has 2 aromatic carbocycles. The molecular formula is C22H29NO3. The van der Waals surface area contributed by atoms with Gasteiger partial charge in [-0.25, -0.2) is 0 Å². The summed E-state index contributed by atoms with van der Waals surface area (Å²) < 4.78 is 5.80. The lowest BCUT2D eigenvalue weighted by molar-refractivity contribution is -0.121. The molecule has 0 fully saturated rings. The topological polar surface area (TPSA) is 58.6 Å². The highest BCUT2D eigenvalue weighted by molar-refractivity contribution is 5.79. The number of benzene rings is 2. The molecule has 1 unspecified atom stereocenters. The van der Waals surface area contributed by atoms with Crippen molar-refractivity contribution in [2.45, 2.75) is 39.2 Å². The van der Waals surface area contributed by atoms with Gasteiger partial charge in [0.1, 0.15) is 5.75 Å². The minimum Gasteiger partial charge on any atom is -0.493 e. The number of carbonyl (C=O) groups excluding carboxylic acids is 1. The molecule has 140 valence electrons. The first-order chi connectivity index (χ1) is 12.6. The highest BCUT2D eigenvalue weighted by atomic mass is 16.5. The predicted octanol–water partition coefficient (Wildman–Crippen LogP) is 3.89. The van der Waals surface area contributed by atoms with Crippen LogP contribution in [0, 0.1) is 5.92 Å². The van der Waals surface area contributed by atoms with Crippen molar-refractivity contribution in [3.63, 3.8) is 0 Å². The van der Waals surface area contributed by atoms with E-state index in [9.17, 15) is 9.90 Å². The van der Waals surface area contributed by atoms with E-state index in [0.29, 0.717) is 18.9 Å². The van der Waals surface area contributed by atoms with E-state index < -0.39 is 6.04 Å². The van der Waals surface area contributed by atoms with Crippen LogP contribution >= 0.6 is 0 Å². The molecule has 2 atom stereocenters. The number of amides is 1. The number of hydrogen-bond donors (Lipinski definition) is 2. The van der Waals surface area contributed by atoms with Gasteiger partial charge in [-0.2, -0.15) is 0 Å². The third-order valence-corrected chi connectivity index (χ3v) is 4.32. The minimum atomic E-state index is -0.417. The molecule has 0 heterocycles. The van der Waals surface area contributed by atoms with E-state index in [1.54, 1.807) is 0 Å². The normalized spacial score (nSPS) is 13.0. The van der Waals surface area contributed by atoms with Gasteiger partial charge in [-0.1, -0.05) is 62.7 Å². The van der Waals surface area contributed by atoms with Crippen molar-refractivity contribution in [2.75, 3.05) is 13.2 Å². The largest absolute Gasteiger partial charge is 0.493 e. The van der Waals surface area contributed by atoms with Crippen molar-refractivity contribution in [1.82, 2.24) is 5.32 Å². The van der Waals surface area contributed by atoms with E-state index in [4.69, 9.17) is 4.74 Å². The quantitative estimate of drug-likeness (QED) is 0.680. The highest BCUT2D eigenvalue weighted by Gasteiger charge is 2.14. The van der Waals surface area contributed by atoms with Crippen LogP contribution in [0.2, 0.25) is 0 Å². The lowest BCUT2D eigenvalue weighted by Crippen LogP contribution is -2.31. The molecule has 2 rings (SSSR count). The first kappa shape index (κ1) is 20.0.